The fourth-order valence-electron chi connectivity index (χ4n) is 6.83. The molecule has 0 saturated heterocycles. The van der Waals surface area contributed by atoms with E-state index in [0.29, 0.717) is 39.6 Å². The van der Waals surface area contributed by atoms with Gasteiger partial charge in [0.05, 0.1) is 32.3 Å². The smallest absolute Gasteiger partial charge is 0.313 e. The van der Waals surface area contributed by atoms with Crippen LogP contribution in [-0.2, 0) is 28.5 Å². The Morgan fingerprint density at radius 2 is 0.796 bits per heavy atom. The quantitative estimate of drug-likeness (QED) is 0.0483. The summed E-state index contributed by atoms with van der Waals surface area (Å²) in [4.78, 5) is 28.3. The second-order valence-corrected chi connectivity index (χ2v) is 15.8. The van der Waals surface area contributed by atoms with E-state index in [4.69, 9.17) is 18.9 Å². The SMILES string of the molecule is CCCCCCCCC(CCCCCC)C(=O)OCCCCCCN(CCCCO)CCCCCCOC(=O)C(COCCCC)COCCCCCC. The Kier molecular flexibility index (Phi) is 41.9. The van der Waals surface area contributed by atoms with Gasteiger partial charge in [-0.1, -0.05) is 143 Å². The lowest BCUT2D eigenvalue weighted by molar-refractivity contribution is -0.153. The molecule has 322 valence electrons. The van der Waals surface area contributed by atoms with Gasteiger partial charge in [-0.25, -0.2) is 0 Å². The molecule has 2 atom stereocenters. The summed E-state index contributed by atoms with van der Waals surface area (Å²) >= 11 is 0. The van der Waals surface area contributed by atoms with Gasteiger partial charge in [0.1, 0.15) is 5.92 Å². The van der Waals surface area contributed by atoms with E-state index in [9.17, 15) is 14.7 Å². The number of aliphatic hydroxyl groups is 1. The summed E-state index contributed by atoms with van der Waals surface area (Å²) in [7, 11) is 0. The van der Waals surface area contributed by atoms with Gasteiger partial charge in [-0.2, -0.15) is 0 Å². The number of aliphatic hydroxyl groups excluding tert-OH is 1. The summed E-state index contributed by atoms with van der Waals surface area (Å²) in [6.07, 6.45) is 31.4. The maximum atomic E-state index is 13.0. The number of unbranched alkanes of at least 4 members (excludes halogenated alkanes) is 19. The molecule has 8 nitrogen and oxygen atoms in total. The maximum absolute atomic E-state index is 13.0. The van der Waals surface area contributed by atoms with E-state index in [1.165, 1.54) is 64.2 Å². The van der Waals surface area contributed by atoms with E-state index in [1.54, 1.807) is 0 Å². The molecule has 2 unspecified atom stereocenters. The number of carbonyl (C=O) groups is 2. The van der Waals surface area contributed by atoms with Gasteiger partial charge in [0, 0.05) is 19.8 Å². The van der Waals surface area contributed by atoms with Crippen LogP contribution in [0.4, 0.5) is 0 Å². The van der Waals surface area contributed by atoms with Crippen LogP contribution < -0.4 is 0 Å². The first-order valence-electron chi connectivity index (χ1n) is 23.4. The predicted molar refractivity (Wildman–Crippen MR) is 226 cm³/mol. The van der Waals surface area contributed by atoms with Crippen LogP contribution in [0.2, 0.25) is 0 Å². The molecular formula is C46H91NO7. The van der Waals surface area contributed by atoms with Crippen molar-refractivity contribution in [1.29, 1.82) is 0 Å². The Labute approximate surface area is 334 Å². The molecule has 0 rings (SSSR count). The van der Waals surface area contributed by atoms with E-state index in [-0.39, 0.29) is 30.4 Å². The van der Waals surface area contributed by atoms with Crippen molar-refractivity contribution >= 4 is 11.9 Å². The molecule has 0 fully saturated rings. The van der Waals surface area contributed by atoms with Crippen LogP contribution in [0.25, 0.3) is 0 Å². The van der Waals surface area contributed by atoms with Crippen molar-refractivity contribution in [2.45, 2.75) is 207 Å². The molecule has 0 aliphatic heterocycles. The Bertz CT molecular complexity index is 724. The first-order valence-corrected chi connectivity index (χ1v) is 23.4. The highest BCUT2D eigenvalue weighted by atomic mass is 16.5. The number of nitrogens with zero attached hydrogens (tertiary/aromatic N) is 1. The van der Waals surface area contributed by atoms with Gasteiger partial charge in [-0.3, -0.25) is 9.59 Å². The first kappa shape index (κ1) is 52.8. The number of hydrogen-bond donors (Lipinski definition) is 1. The van der Waals surface area contributed by atoms with Crippen LogP contribution in [0.15, 0.2) is 0 Å². The van der Waals surface area contributed by atoms with Crippen LogP contribution in [0.3, 0.4) is 0 Å². The Balaban J connectivity index is 4.36. The number of hydrogen-bond acceptors (Lipinski definition) is 8. The Morgan fingerprint density at radius 3 is 1.31 bits per heavy atom. The molecule has 0 heterocycles. The van der Waals surface area contributed by atoms with E-state index in [2.05, 4.69) is 32.6 Å². The summed E-state index contributed by atoms with van der Waals surface area (Å²) in [5.74, 6) is -0.424. The third-order valence-electron chi connectivity index (χ3n) is 10.5. The van der Waals surface area contributed by atoms with Gasteiger partial charge < -0.3 is 29.0 Å². The van der Waals surface area contributed by atoms with Crippen molar-refractivity contribution in [3.8, 4) is 0 Å². The second-order valence-electron chi connectivity index (χ2n) is 15.8. The monoisotopic (exact) mass is 770 g/mol. The molecule has 0 spiro atoms. The zero-order valence-corrected chi connectivity index (χ0v) is 36.4. The number of rotatable bonds is 44. The van der Waals surface area contributed by atoms with Crippen molar-refractivity contribution in [2.75, 3.05) is 65.9 Å². The molecule has 0 aliphatic carbocycles. The van der Waals surface area contributed by atoms with Gasteiger partial charge in [-0.05, 0) is 83.8 Å². The molecule has 0 saturated carbocycles. The Morgan fingerprint density at radius 1 is 0.426 bits per heavy atom. The second kappa shape index (κ2) is 42.9. The summed E-state index contributed by atoms with van der Waals surface area (Å²) in [6, 6.07) is 0. The summed E-state index contributed by atoms with van der Waals surface area (Å²) < 4.78 is 23.1. The summed E-state index contributed by atoms with van der Waals surface area (Å²) in [5, 5.41) is 9.31. The fraction of sp³-hybridized carbons (Fsp3) is 0.957. The molecule has 0 aromatic carbocycles. The molecule has 0 aliphatic rings. The van der Waals surface area contributed by atoms with Crippen molar-refractivity contribution in [3.05, 3.63) is 0 Å². The summed E-state index contributed by atoms with van der Waals surface area (Å²) in [5.41, 5.74) is 0. The maximum Gasteiger partial charge on any atom is 0.313 e. The van der Waals surface area contributed by atoms with Gasteiger partial charge >= 0.3 is 11.9 Å². The van der Waals surface area contributed by atoms with E-state index >= 15 is 0 Å². The zero-order valence-electron chi connectivity index (χ0n) is 36.4. The molecule has 8 heteroatoms. The van der Waals surface area contributed by atoms with E-state index < -0.39 is 0 Å². The van der Waals surface area contributed by atoms with E-state index in [0.717, 1.165) is 135 Å². The van der Waals surface area contributed by atoms with Crippen LogP contribution in [0.5, 0.6) is 0 Å². The van der Waals surface area contributed by atoms with Gasteiger partial charge in [-0.15, -0.1) is 0 Å². The standard InChI is InChI=1S/C46H91NO7/c1-5-9-13-16-17-23-32-43(31-22-14-10-6-2)45(49)53-39-29-20-18-24-33-47(35-26-27-36-48)34-25-19-21-30-40-54-46(50)44(41-51-37-12-8-4)42-52-38-28-15-11-7-3/h43-44,48H,5-42H2,1-4H3. The first-order chi connectivity index (χ1) is 26.5. The average molecular weight is 770 g/mol. The lowest BCUT2D eigenvalue weighted by atomic mass is 9.94. The zero-order chi connectivity index (χ0) is 39.6. The number of carbonyl (C=O) groups excluding carboxylic acids is 2. The minimum absolute atomic E-state index is 0.0444. The molecular weight excluding hydrogens is 679 g/mol. The van der Waals surface area contributed by atoms with Gasteiger partial charge in [0.15, 0.2) is 0 Å². The highest BCUT2D eigenvalue weighted by Gasteiger charge is 2.21. The lowest BCUT2D eigenvalue weighted by Crippen LogP contribution is -2.28. The molecule has 0 bridgehead atoms. The molecule has 0 aromatic heterocycles. The minimum Gasteiger partial charge on any atom is -0.465 e. The summed E-state index contributed by atoms with van der Waals surface area (Å²) in [6.45, 7) is 15.3. The topological polar surface area (TPSA) is 94.5 Å². The average Bonchev–Trinajstić information content (AvgIpc) is 3.17. The van der Waals surface area contributed by atoms with Gasteiger partial charge in [0.25, 0.3) is 0 Å². The van der Waals surface area contributed by atoms with E-state index in [1.807, 2.05) is 0 Å². The largest absolute Gasteiger partial charge is 0.465 e. The molecule has 1 N–H and O–H groups in total. The van der Waals surface area contributed by atoms with Crippen LogP contribution in [0.1, 0.15) is 207 Å². The van der Waals surface area contributed by atoms with Crippen molar-refractivity contribution in [3.63, 3.8) is 0 Å². The number of esters is 2. The minimum atomic E-state index is -0.354. The molecule has 0 aromatic rings. The van der Waals surface area contributed by atoms with Gasteiger partial charge in [0.2, 0.25) is 0 Å². The number of ether oxygens (including phenoxy) is 4. The predicted octanol–water partition coefficient (Wildman–Crippen LogP) is 11.6. The Hall–Kier alpha value is -1.22. The van der Waals surface area contributed by atoms with Crippen molar-refractivity contribution in [1.82, 2.24) is 4.90 Å². The van der Waals surface area contributed by atoms with Crippen molar-refractivity contribution in [2.24, 2.45) is 11.8 Å². The highest BCUT2D eigenvalue weighted by molar-refractivity contribution is 5.73. The van der Waals surface area contributed by atoms with Crippen molar-refractivity contribution < 1.29 is 33.6 Å². The highest BCUT2D eigenvalue weighted by Crippen LogP contribution is 2.21. The molecule has 0 amide bonds. The fourth-order valence-corrected chi connectivity index (χ4v) is 6.83. The van der Waals surface area contributed by atoms with Crippen LogP contribution in [0, 0.1) is 11.8 Å². The van der Waals surface area contributed by atoms with Crippen LogP contribution >= 0.6 is 0 Å². The molecule has 54 heavy (non-hydrogen) atoms. The molecule has 0 radical (unpaired) electrons. The normalized spacial score (nSPS) is 12.7. The third-order valence-corrected chi connectivity index (χ3v) is 10.5. The lowest BCUT2D eigenvalue weighted by Gasteiger charge is -2.22. The third kappa shape index (κ3) is 35.2. The van der Waals surface area contributed by atoms with Crippen LogP contribution in [-0.4, -0.2) is 87.8 Å².